The summed E-state index contributed by atoms with van der Waals surface area (Å²) in [6, 6.07) is 11.4. The number of benzene rings is 1. The van der Waals surface area contributed by atoms with Crippen LogP contribution in [0.3, 0.4) is 0 Å². The topological polar surface area (TPSA) is 9.23 Å². The number of rotatable bonds is 8. The first-order valence-electron chi connectivity index (χ1n) is 10.1. The Balaban J connectivity index is 2.00. The second-order valence-electron chi connectivity index (χ2n) is 8.85. The molecule has 1 aromatic rings. The highest BCUT2D eigenvalue weighted by Crippen LogP contribution is 2.47. The summed E-state index contributed by atoms with van der Waals surface area (Å²) in [7, 11) is -1.62. The molecule has 1 saturated heterocycles. The van der Waals surface area contributed by atoms with Gasteiger partial charge in [-0.25, -0.2) is 4.39 Å². The van der Waals surface area contributed by atoms with Crippen molar-refractivity contribution in [1.29, 1.82) is 0 Å². The monoisotopic (exact) mass is 364 g/mol. The second kappa shape index (κ2) is 8.81. The maximum atomic E-state index is 14.8. The van der Waals surface area contributed by atoms with Crippen LogP contribution in [0, 0.1) is 0 Å². The third-order valence-corrected chi connectivity index (χ3v) is 14.2. The highest BCUT2D eigenvalue weighted by atomic mass is 28.3. The minimum Gasteiger partial charge on any atom is -0.372 e. The first kappa shape index (κ1) is 20.6. The molecule has 0 unspecified atom stereocenters. The smallest absolute Gasteiger partial charge is 0.128 e. The molecule has 3 atom stereocenters. The fourth-order valence-electron chi connectivity index (χ4n) is 5.18. The van der Waals surface area contributed by atoms with E-state index in [1.54, 1.807) is 0 Å². The van der Waals surface area contributed by atoms with Gasteiger partial charge in [0.05, 0.1) is 20.3 Å². The largest absolute Gasteiger partial charge is 0.372 e. The van der Waals surface area contributed by atoms with Gasteiger partial charge in [-0.2, -0.15) is 0 Å². The lowest BCUT2D eigenvalue weighted by Crippen LogP contribution is -2.48. The summed E-state index contributed by atoms with van der Waals surface area (Å²) >= 11 is 0. The minimum atomic E-state index is -1.62. The van der Waals surface area contributed by atoms with E-state index < -0.39 is 14.2 Å². The summed E-state index contributed by atoms with van der Waals surface area (Å²) in [6.45, 7) is 14.1. The van der Waals surface area contributed by atoms with E-state index in [1.807, 2.05) is 6.07 Å². The average molecular weight is 365 g/mol. The molecule has 0 aromatic heterocycles. The van der Waals surface area contributed by atoms with Crippen LogP contribution in [0.4, 0.5) is 4.39 Å². The fraction of sp³-hybridized carbons (Fsp3) is 0.727. The maximum Gasteiger partial charge on any atom is 0.128 e. The third kappa shape index (κ3) is 4.74. The number of hydrogen-bond acceptors (Lipinski definition) is 1. The number of hydrogen-bond donors (Lipinski definition) is 0. The van der Waals surface area contributed by atoms with Crippen LogP contribution in [0.5, 0.6) is 0 Å². The van der Waals surface area contributed by atoms with Crippen molar-refractivity contribution in [3.8, 4) is 0 Å². The molecule has 1 aliphatic rings. The van der Waals surface area contributed by atoms with Gasteiger partial charge >= 0.3 is 0 Å². The quantitative estimate of drug-likeness (QED) is 0.461. The molecule has 0 aliphatic carbocycles. The van der Waals surface area contributed by atoms with E-state index in [0.717, 1.165) is 18.9 Å². The lowest BCUT2D eigenvalue weighted by molar-refractivity contribution is 0.0352. The molecule has 1 aliphatic heterocycles. The second-order valence-corrected chi connectivity index (χ2v) is 15.0. The Morgan fingerprint density at radius 3 is 2.08 bits per heavy atom. The van der Waals surface area contributed by atoms with Gasteiger partial charge in [-0.05, 0) is 24.4 Å². The summed E-state index contributed by atoms with van der Waals surface area (Å²) in [4.78, 5) is 0. The van der Waals surface area contributed by atoms with Crippen LogP contribution in [0.2, 0.25) is 22.7 Å². The average Bonchev–Trinajstić information content (AvgIpc) is 2.90. The molecule has 1 nitrogen and oxygen atoms in total. The first-order chi connectivity index (χ1) is 11.8. The molecule has 1 heterocycles. The van der Waals surface area contributed by atoms with Crippen molar-refractivity contribution in [2.45, 2.75) is 102 Å². The van der Waals surface area contributed by atoms with Gasteiger partial charge in [0.1, 0.15) is 6.17 Å². The molecule has 0 N–H and O–H groups in total. The SMILES string of the molecule is CC(C)[Si](C[C@H]1O[C@H](CCc2ccccc2)C[C@@H]1F)(C(C)C)C(C)C. The molecule has 1 fully saturated rings. The molecular weight excluding hydrogens is 327 g/mol. The fourth-order valence-corrected chi connectivity index (χ4v) is 11.6. The maximum absolute atomic E-state index is 14.8. The van der Waals surface area contributed by atoms with Crippen LogP contribution in [-0.4, -0.2) is 26.5 Å². The molecule has 3 heteroatoms. The van der Waals surface area contributed by atoms with Gasteiger partial charge in [0.15, 0.2) is 0 Å². The van der Waals surface area contributed by atoms with Crippen molar-refractivity contribution in [3.63, 3.8) is 0 Å². The van der Waals surface area contributed by atoms with E-state index in [2.05, 4.69) is 65.8 Å². The van der Waals surface area contributed by atoms with Gasteiger partial charge in [0, 0.05) is 6.42 Å². The van der Waals surface area contributed by atoms with E-state index in [4.69, 9.17) is 4.74 Å². The Kier molecular flexibility index (Phi) is 7.27. The van der Waals surface area contributed by atoms with Gasteiger partial charge < -0.3 is 4.74 Å². The van der Waals surface area contributed by atoms with Gasteiger partial charge in [-0.3, -0.25) is 0 Å². The molecule has 0 radical (unpaired) electrons. The third-order valence-electron chi connectivity index (χ3n) is 6.64. The predicted molar refractivity (Wildman–Crippen MR) is 109 cm³/mol. The highest BCUT2D eigenvalue weighted by molar-refractivity contribution is 6.83. The lowest BCUT2D eigenvalue weighted by Gasteiger charge is -2.45. The van der Waals surface area contributed by atoms with E-state index in [-0.39, 0.29) is 12.2 Å². The van der Waals surface area contributed by atoms with Crippen molar-refractivity contribution < 1.29 is 9.13 Å². The van der Waals surface area contributed by atoms with Crippen molar-refractivity contribution in [2.24, 2.45) is 0 Å². The molecule has 2 rings (SSSR count). The number of halogens is 1. The molecule has 142 valence electrons. The number of alkyl halides is 1. The zero-order valence-corrected chi connectivity index (χ0v) is 18.0. The van der Waals surface area contributed by atoms with Crippen LogP contribution in [0.15, 0.2) is 30.3 Å². The first-order valence-corrected chi connectivity index (χ1v) is 12.5. The molecule has 0 saturated carbocycles. The summed E-state index contributed by atoms with van der Waals surface area (Å²) in [6.07, 6.45) is 1.60. The Labute approximate surface area is 155 Å². The van der Waals surface area contributed by atoms with Crippen molar-refractivity contribution in [3.05, 3.63) is 35.9 Å². The van der Waals surface area contributed by atoms with E-state index in [1.165, 1.54) is 5.56 Å². The van der Waals surface area contributed by atoms with Crippen LogP contribution in [0.25, 0.3) is 0 Å². The van der Waals surface area contributed by atoms with Gasteiger partial charge in [0.2, 0.25) is 0 Å². The van der Waals surface area contributed by atoms with Crippen molar-refractivity contribution in [2.75, 3.05) is 0 Å². The zero-order chi connectivity index (χ0) is 18.6. The standard InChI is InChI=1S/C22H37FOSi/c1-16(2)25(17(3)4,18(5)6)15-22-21(23)14-20(24-22)13-12-19-10-8-7-9-11-19/h7-11,16-18,20-22H,12-15H2,1-6H3/t20-,21+,22-/m1/s1. The Bertz CT molecular complexity index is 492. The Morgan fingerprint density at radius 1 is 1.00 bits per heavy atom. The molecular formula is C22H37FOSi. The van der Waals surface area contributed by atoms with E-state index in [9.17, 15) is 4.39 Å². The summed E-state index contributed by atoms with van der Waals surface area (Å²) in [5, 5.41) is 0. The number of aryl methyl sites for hydroxylation is 1. The van der Waals surface area contributed by atoms with E-state index >= 15 is 0 Å². The Morgan fingerprint density at radius 2 is 1.56 bits per heavy atom. The Hall–Kier alpha value is -0.673. The molecule has 0 amide bonds. The van der Waals surface area contributed by atoms with Crippen LogP contribution in [-0.2, 0) is 11.2 Å². The summed E-state index contributed by atoms with van der Waals surface area (Å²) in [5.41, 5.74) is 3.30. The van der Waals surface area contributed by atoms with E-state index in [0.29, 0.717) is 23.0 Å². The normalized spacial score (nSPS) is 24.6. The molecule has 1 aromatic carbocycles. The van der Waals surface area contributed by atoms with Crippen molar-refractivity contribution >= 4 is 8.07 Å². The highest BCUT2D eigenvalue weighted by Gasteiger charge is 2.48. The summed E-state index contributed by atoms with van der Waals surface area (Å²) < 4.78 is 21.0. The molecule has 0 bridgehead atoms. The van der Waals surface area contributed by atoms with Crippen LogP contribution in [0.1, 0.15) is 59.9 Å². The predicted octanol–water partition coefficient (Wildman–Crippen LogP) is 6.79. The van der Waals surface area contributed by atoms with Crippen LogP contribution < -0.4 is 0 Å². The van der Waals surface area contributed by atoms with Gasteiger partial charge in [-0.15, -0.1) is 0 Å². The lowest BCUT2D eigenvalue weighted by atomic mass is 10.0. The minimum absolute atomic E-state index is 0.0818. The van der Waals surface area contributed by atoms with Crippen LogP contribution >= 0.6 is 0 Å². The summed E-state index contributed by atoms with van der Waals surface area (Å²) in [5.74, 6) is 0. The zero-order valence-electron chi connectivity index (χ0n) is 17.0. The number of ether oxygens (including phenoxy) is 1. The molecule has 0 spiro atoms. The molecule has 25 heavy (non-hydrogen) atoms. The van der Waals surface area contributed by atoms with Gasteiger partial charge in [-0.1, -0.05) is 88.5 Å². The van der Waals surface area contributed by atoms with Gasteiger partial charge in [0.25, 0.3) is 0 Å². The van der Waals surface area contributed by atoms with Crippen molar-refractivity contribution in [1.82, 2.24) is 0 Å².